The maximum absolute atomic E-state index is 12.9. The van der Waals surface area contributed by atoms with Gasteiger partial charge in [0.2, 0.25) is 15.6 Å². The zero-order valence-corrected chi connectivity index (χ0v) is 15.9. The predicted molar refractivity (Wildman–Crippen MR) is 98.6 cm³/mol. The van der Waals surface area contributed by atoms with Gasteiger partial charge in [-0.3, -0.25) is 4.79 Å². The van der Waals surface area contributed by atoms with Gasteiger partial charge in [0.15, 0.2) is 0 Å². The van der Waals surface area contributed by atoms with Gasteiger partial charge in [-0.1, -0.05) is 29.8 Å². The van der Waals surface area contributed by atoms with Crippen LogP contribution >= 0.6 is 10.5 Å². The molecule has 0 unspecified atom stereocenters. The number of benzene rings is 2. The van der Waals surface area contributed by atoms with Crippen LogP contribution in [0, 0.1) is 6.92 Å². The van der Waals surface area contributed by atoms with E-state index in [1.165, 1.54) is 12.1 Å². The SMILES string of the molecule is Cc1ccc(S(=O)(=O)C(C(=O)c2ccc(C(F)(F)F)cc2)=S(C)C)cc1. The summed E-state index contributed by atoms with van der Waals surface area (Å²) in [4.78, 5) is 12.7. The highest BCUT2D eigenvalue weighted by Gasteiger charge is 2.32. The maximum Gasteiger partial charge on any atom is 0.416 e. The Bertz CT molecular complexity index is 952. The average Bonchev–Trinajstić information content (AvgIpc) is 2.54. The zero-order valence-electron chi connectivity index (χ0n) is 14.3. The first-order chi connectivity index (χ1) is 11.9. The van der Waals surface area contributed by atoms with Gasteiger partial charge in [-0.25, -0.2) is 8.42 Å². The fourth-order valence-corrected chi connectivity index (χ4v) is 5.88. The number of carbonyl (C=O) groups excluding carboxylic acids is 1. The van der Waals surface area contributed by atoms with Crippen LogP contribution in [0.1, 0.15) is 21.5 Å². The van der Waals surface area contributed by atoms with E-state index in [0.717, 1.165) is 29.8 Å². The van der Waals surface area contributed by atoms with Crippen molar-refractivity contribution in [2.75, 3.05) is 12.5 Å². The lowest BCUT2D eigenvalue weighted by Crippen LogP contribution is -2.25. The summed E-state index contributed by atoms with van der Waals surface area (Å²) in [7, 11) is -4.97. The smallest absolute Gasteiger partial charge is 0.287 e. The van der Waals surface area contributed by atoms with E-state index in [-0.39, 0.29) is 14.7 Å². The lowest BCUT2D eigenvalue weighted by molar-refractivity contribution is -0.137. The molecule has 0 aliphatic carbocycles. The third-order valence-corrected chi connectivity index (χ3v) is 7.76. The summed E-state index contributed by atoms with van der Waals surface area (Å²) in [6, 6.07) is 9.62. The highest BCUT2D eigenvalue weighted by molar-refractivity contribution is 8.32. The van der Waals surface area contributed by atoms with Gasteiger partial charge >= 0.3 is 6.18 Å². The van der Waals surface area contributed by atoms with E-state index in [1.54, 1.807) is 31.6 Å². The molecule has 0 heterocycles. The highest BCUT2D eigenvalue weighted by Crippen LogP contribution is 2.30. The Morgan fingerprint density at radius 1 is 0.923 bits per heavy atom. The fraction of sp³-hybridized carbons (Fsp3) is 0.222. The van der Waals surface area contributed by atoms with E-state index >= 15 is 0 Å². The molecule has 0 atom stereocenters. The van der Waals surface area contributed by atoms with E-state index in [0.29, 0.717) is 0 Å². The normalized spacial score (nSPS) is 12.3. The van der Waals surface area contributed by atoms with Crippen molar-refractivity contribution in [2.24, 2.45) is 0 Å². The van der Waals surface area contributed by atoms with Gasteiger partial charge in [-0.15, -0.1) is 0 Å². The molecule has 0 saturated heterocycles. The molecule has 3 nitrogen and oxygen atoms in total. The van der Waals surface area contributed by atoms with Crippen molar-refractivity contribution < 1.29 is 26.4 Å². The van der Waals surface area contributed by atoms with Crippen LogP contribution in [0.5, 0.6) is 0 Å². The van der Waals surface area contributed by atoms with Crippen molar-refractivity contribution in [3.63, 3.8) is 0 Å². The van der Waals surface area contributed by atoms with Crippen molar-refractivity contribution in [3.8, 4) is 0 Å². The summed E-state index contributed by atoms with van der Waals surface area (Å²) in [6.07, 6.45) is -1.35. The molecule has 0 saturated carbocycles. The van der Waals surface area contributed by atoms with Crippen molar-refractivity contribution >= 4 is 30.3 Å². The summed E-state index contributed by atoms with van der Waals surface area (Å²) >= 11 is 0. The molecule has 0 N–H and O–H groups in total. The second kappa shape index (κ2) is 7.36. The van der Waals surface area contributed by atoms with Crippen LogP contribution in [0.3, 0.4) is 0 Å². The van der Waals surface area contributed by atoms with Crippen molar-refractivity contribution in [1.29, 1.82) is 0 Å². The Labute approximate surface area is 152 Å². The first-order valence-corrected chi connectivity index (χ1v) is 11.0. The minimum absolute atomic E-state index is 0.0143. The Hall–Kier alpha value is -1.93. The first-order valence-electron chi connectivity index (χ1n) is 7.43. The van der Waals surface area contributed by atoms with E-state index in [2.05, 4.69) is 0 Å². The number of rotatable bonds is 3. The Morgan fingerprint density at radius 2 is 1.42 bits per heavy atom. The summed E-state index contributed by atoms with van der Waals surface area (Å²) in [5.41, 5.74) is -0.125. The zero-order chi connectivity index (χ0) is 19.7. The summed E-state index contributed by atoms with van der Waals surface area (Å²) < 4.78 is 63.5. The number of hydrogen-bond acceptors (Lipinski definition) is 3. The summed E-state index contributed by atoms with van der Waals surface area (Å²) in [6.45, 7) is 1.80. The molecule has 0 spiro atoms. The molecule has 0 fully saturated rings. The highest BCUT2D eigenvalue weighted by atomic mass is 32.2. The number of carbonyl (C=O) groups is 1. The maximum atomic E-state index is 12.9. The van der Waals surface area contributed by atoms with Crippen molar-refractivity contribution in [1.82, 2.24) is 0 Å². The Kier molecular flexibility index (Phi) is 5.77. The van der Waals surface area contributed by atoms with Gasteiger partial charge < -0.3 is 0 Å². The van der Waals surface area contributed by atoms with Crippen LogP contribution in [-0.4, -0.2) is 30.9 Å². The minimum Gasteiger partial charge on any atom is -0.287 e. The standard InChI is InChI=1S/C18H17F3O3S2/c1-12-4-10-15(11-5-12)26(23,24)17(25(2)3)16(22)13-6-8-14(9-7-13)18(19,20)21/h4-11H,1-3H3. The molecule has 2 aromatic rings. The molecule has 0 aliphatic rings. The molecule has 2 aromatic carbocycles. The van der Waals surface area contributed by atoms with Crippen LogP contribution in [0.4, 0.5) is 13.2 Å². The number of halogens is 3. The van der Waals surface area contributed by atoms with Crippen LogP contribution in [0.25, 0.3) is 0 Å². The third kappa shape index (κ3) is 4.24. The second-order valence-electron chi connectivity index (χ2n) is 5.82. The molecular weight excluding hydrogens is 385 g/mol. The molecule has 2 rings (SSSR count). The molecule has 0 amide bonds. The van der Waals surface area contributed by atoms with E-state index < -0.39 is 37.8 Å². The van der Waals surface area contributed by atoms with Gasteiger partial charge in [0.05, 0.1) is 10.5 Å². The number of aryl methyl sites for hydroxylation is 1. The van der Waals surface area contributed by atoms with Gasteiger partial charge in [0.1, 0.15) is 4.20 Å². The van der Waals surface area contributed by atoms with E-state index in [1.807, 2.05) is 0 Å². The van der Waals surface area contributed by atoms with Crippen molar-refractivity contribution in [3.05, 3.63) is 65.2 Å². The van der Waals surface area contributed by atoms with E-state index in [4.69, 9.17) is 0 Å². The topological polar surface area (TPSA) is 51.2 Å². The quantitative estimate of drug-likeness (QED) is 0.567. The number of ketones is 1. The number of hydrogen-bond donors (Lipinski definition) is 0. The van der Waals surface area contributed by atoms with Crippen molar-refractivity contribution in [2.45, 2.75) is 18.0 Å². The Morgan fingerprint density at radius 3 is 1.85 bits per heavy atom. The summed E-state index contributed by atoms with van der Waals surface area (Å²) in [5.74, 6) is -0.785. The van der Waals surface area contributed by atoms with Crippen LogP contribution in [-0.2, 0) is 16.0 Å². The van der Waals surface area contributed by atoms with Gasteiger partial charge in [-0.2, -0.15) is 23.7 Å². The first kappa shape index (κ1) is 20.4. The average molecular weight is 402 g/mol. The molecule has 8 heteroatoms. The minimum atomic E-state index is -4.53. The van der Waals surface area contributed by atoms with Crippen LogP contribution in [0.15, 0.2) is 53.4 Å². The van der Waals surface area contributed by atoms with Gasteiger partial charge in [0.25, 0.3) is 0 Å². The lowest BCUT2D eigenvalue weighted by Gasteiger charge is -2.12. The van der Waals surface area contributed by atoms with Gasteiger partial charge in [0, 0.05) is 5.56 Å². The summed E-state index contributed by atoms with van der Waals surface area (Å²) in [5, 5.41) is 0. The third-order valence-electron chi connectivity index (χ3n) is 3.61. The molecular formula is C18H17F3O3S2. The molecule has 0 aromatic heterocycles. The predicted octanol–water partition coefficient (Wildman–Crippen LogP) is 4.33. The van der Waals surface area contributed by atoms with E-state index in [9.17, 15) is 26.4 Å². The molecule has 0 aliphatic heterocycles. The largest absolute Gasteiger partial charge is 0.416 e. The van der Waals surface area contributed by atoms with Crippen LogP contribution in [0.2, 0.25) is 0 Å². The monoisotopic (exact) mass is 402 g/mol. The number of alkyl halides is 3. The number of sulfone groups is 1. The number of Topliss-reactive ketones (excluding diaryl/α,β-unsaturated/α-hetero) is 1. The lowest BCUT2D eigenvalue weighted by atomic mass is 10.1. The molecule has 140 valence electrons. The molecule has 26 heavy (non-hydrogen) atoms. The van der Waals surface area contributed by atoms with Crippen LogP contribution < -0.4 is 0 Å². The molecule has 0 radical (unpaired) electrons. The second-order valence-corrected chi connectivity index (χ2v) is 10.0. The Balaban J connectivity index is 2.49. The molecule has 0 bridgehead atoms. The fourth-order valence-electron chi connectivity index (χ4n) is 2.28. The van der Waals surface area contributed by atoms with Gasteiger partial charge in [-0.05, 0) is 43.7 Å².